The van der Waals surface area contributed by atoms with Gasteiger partial charge in [0, 0.05) is 43.3 Å². The van der Waals surface area contributed by atoms with E-state index in [-0.39, 0.29) is 11.5 Å². The Hall–Kier alpha value is -1.39. The van der Waals surface area contributed by atoms with Gasteiger partial charge in [-0.1, -0.05) is 6.92 Å². The molecule has 110 valence electrons. The number of Topliss-reactive ketones (excluding diaryl/α,β-unsaturated/α-hetero) is 1. The Morgan fingerprint density at radius 1 is 1.40 bits per heavy atom. The molecule has 1 aliphatic rings. The van der Waals surface area contributed by atoms with Crippen LogP contribution in [-0.4, -0.2) is 52.9 Å². The molecule has 1 aromatic rings. The van der Waals surface area contributed by atoms with E-state index in [9.17, 15) is 9.90 Å². The lowest BCUT2D eigenvalue weighted by Crippen LogP contribution is -2.51. The molecule has 1 aromatic carbocycles. The number of rotatable bonds is 4. The van der Waals surface area contributed by atoms with Crippen molar-refractivity contribution in [3.63, 3.8) is 0 Å². The van der Waals surface area contributed by atoms with Gasteiger partial charge in [-0.15, -0.1) is 0 Å². The molecule has 1 N–H and O–H groups in total. The van der Waals surface area contributed by atoms with Gasteiger partial charge in [-0.2, -0.15) is 0 Å². The minimum atomic E-state index is 0.0374. The molecular weight excluding hydrogens is 252 g/mol. The van der Waals surface area contributed by atoms with Crippen LogP contribution in [0.2, 0.25) is 0 Å². The molecule has 1 unspecified atom stereocenters. The van der Waals surface area contributed by atoms with E-state index in [1.54, 1.807) is 19.1 Å². The summed E-state index contributed by atoms with van der Waals surface area (Å²) >= 11 is 0. The Labute approximate surface area is 121 Å². The van der Waals surface area contributed by atoms with Crippen LogP contribution >= 0.6 is 0 Å². The molecule has 0 bridgehead atoms. The molecule has 0 aliphatic carbocycles. The van der Waals surface area contributed by atoms with Crippen molar-refractivity contribution < 1.29 is 9.90 Å². The molecule has 1 atom stereocenters. The molecule has 0 amide bonds. The number of phenols is 1. The molecule has 1 fully saturated rings. The fourth-order valence-electron chi connectivity index (χ4n) is 2.86. The van der Waals surface area contributed by atoms with Gasteiger partial charge in [-0.3, -0.25) is 14.6 Å². The lowest BCUT2D eigenvalue weighted by atomic mass is 10.1. The van der Waals surface area contributed by atoms with Gasteiger partial charge in [0.25, 0.3) is 0 Å². The van der Waals surface area contributed by atoms with Gasteiger partial charge in [0.2, 0.25) is 0 Å². The fourth-order valence-corrected chi connectivity index (χ4v) is 2.86. The number of phenolic OH excluding ortho intramolecular Hbond substituents is 1. The number of nitrogens with zero attached hydrogens (tertiary/aromatic N) is 2. The van der Waals surface area contributed by atoms with E-state index in [1.807, 2.05) is 6.07 Å². The molecule has 4 heteroatoms. The maximum Gasteiger partial charge on any atom is 0.159 e. The van der Waals surface area contributed by atoms with Crippen LogP contribution in [0.5, 0.6) is 5.75 Å². The van der Waals surface area contributed by atoms with E-state index in [4.69, 9.17) is 0 Å². The highest BCUT2D eigenvalue weighted by atomic mass is 16.3. The highest BCUT2D eigenvalue weighted by molar-refractivity contribution is 5.94. The van der Waals surface area contributed by atoms with Gasteiger partial charge in [0.1, 0.15) is 5.75 Å². The molecule has 0 saturated carbocycles. The summed E-state index contributed by atoms with van der Waals surface area (Å²) in [7, 11) is 0. The van der Waals surface area contributed by atoms with Gasteiger partial charge in [0.15, 0.2) is 5.78 Å². The predicted octanol–water partition coefficient (Wildman–Crippen LogP) is 2.12. The van der Waals surface area contributed by atoms with Crippen molar-refractivity contribution in [2.45, 2.75) is 33.4 Å². The Balaban J connectivity index is 2.07. The van der Waals surface area contributed by atoms with Crippen molar-refractivity contribution in [3.05, 3.63) is 29.3 Å². The zero-order chi connectivity index (χ0) is 14.7. The number of hydrogen-bond donors (Lipinski definition) is 1. The van der Waals surface area contributed by atoms with E-state index in [0.29, 0.717) is 18.2 Å². The second kappa shape index (κ2) is 6.37. The van der Waals surface area contributed by atoms with Crippen molar-refractivity contribution >= 4 is 5.78 Å². The molecule has 20 heavy (non-hydrogen) atoms. The maximum absolute atomic E-state index is 11.4. The van der Waals surface area contributed by atoms with E-state index in [1.165, 1.54) is 0 Å². The molecule has 1 heterocycles. The molecule has 2 rings (SSSR count). The first-order chi connectivity index (χ1) is 9.51. The summed E-state index contributed by atoms with van der Waals surface area (Å²) < 4.78 is 0. The van der Waals surface area contributed by atoms with Gasteiger partial charge >= 0.3 is 0 Å². The normalized spacial score (nSPS) is 21.1. The van der Waals surface area contributed by atoms with Crippen LogP contribution in [0.1, 0.15) is 36.7 Å². The Morgan fingerprint density at radius 2 is 2.15 bits per heavy atom. The van der Waals surface area contributed by atoms with Crippen LogP contribution in [0.25, 0.3) is 0 Å². The van der Waals surface area contributed by atoms with Crippen LogP contribution in [0.4, 0.5) is 0 Å². The second-order valence-electron chi connectivity index (χ2n) is 5.61. The highest BCUT2D eigenvalue weighted by Gasteiger charge is 2.22. The van der Waals surface area contributed by atoms with Crippen LogP contribution in [0.3, 0.4) is 0 Å². The minimum Gasteiger partial charge on any atom is -0.508 e. The minimum absolute atomic E-state index is 0.0374. The van der Waals surface area contributed by atoms with E-state index >= 15 is 0 Å². The first-order valence-corrected chi connectivity index (χ1v) is 7.30. The summed E-state index contributed by atoms with van der Waals surface area (Å²) in [6.45, 7) is 10.8. The fraction of sp³-hybridized carbons (Fsp3) is 0.562. The summed E-state index contributed by atoms with van der Waals surface area (Å²) in [5, 5.41) is 9.96. The zero-order valence-corrected chi connectivity index (χ0v) is 12.6. The van der Waals surface area contributed by atoms with Gasteiger partial charge in [-0.05, 0) is 38.6 Å². The summed E-state index contributed by atoms with van der Waals surface area (Å²) in [5.41, 5.74) is 1.51. The SMILES string of the molecule is CCN1CCN(Cc2cc(C(C)=O)ccc2O)CC1C. The van der Waals surface area contributed by atoms with Crippen molar-refractivity contribution in [2.24, 2.45) is 0 Å². The average molecular weight is 276 g/mol. The monoisotopic (exact) mass is 276 g/mol. The third-order valence-corrected chi connectivity index (χ3v) is 4.14. The van der Waals surface area contributed by atoms with E-state index in [0.717, 1.165) is 31.7 Å². The average Bonchev–Trinajstić information content (AvgIpc) is 2.41. The lowest BCUT2D eigenvalue weighted by molar-refractivity contribution is 0.0829. The smallest absolute Gasteiger partial charge is 0.159 e. The van der Waals surface area contributed by atoms with Crippen LogP contribution in [0.15, 0.2) is 18.2 Å². The quantitative estimate of drug-likeness (QED) is 0.856. The predicted molar refractivity (Wildman–Crippen MR) is 80.1 cm³/mol. The number of piperazine rings is 1. The molecule has 1 saturated heterocycles. The largest absolute Gasteiger partial charge is 0.508 e. The van der Waals surface area contributed by atoms with Crippen LogP contribution < -0.4 is 0 Å². The van der Waals surface area contributed by atoms with Crippen molar-refractivity contribution in [3.8, 4) is 5.75 Å². The lowest BCUT2D eigenvalue weighted by Gasteiger charge is -2.39. The van der Waals surface area contributed by atoms with Gasteiger partial charge in [-0.25, -0.2) is 0 Å². The molecule has 0 radical (unpaired) electrons. The Morgan fingerprint density at radius 3 is 2.75 bits per heavy atom. The summed E-state index contributed by atoms with van der Waals surface area (Å²) in [6.07, 6.45) is 0. The number of likely N-dealkylation sites (N-methyl/N-ethyl adjacent to an activating group) is 1. The highest BCUT2D eigenvalue weighted by Crippen LogP contribution is 2.22. The van der Waals surface area contributed by atoms with E-state index < -0.39 is 0 Å². The third kappa shape index (κ3) is 3.38. The Bertz CT molecular complexity index is 487. The summed E-state index contributed by atoms with van der Waals surface area (Å²) in [6, 6.07) is 5.65. The van der Waals surface area contributed by atoms with E-state index in [2.05, 4.69) is 23.6 Å². The molecule has 4 nitrogen and oxygen atoms in total. The van der Waals surface area contributed by atoms with Crippen molar-refractivity contribution in [1.29, 1.82) is 0 Å². The zero-order valence-electron chi connectivity index (χ0n) is 12.6. The number of ketones is 1. The number of aromatic hydroxyl groups is 1. The Kier molecular flexibility index (Phi) is 4.78. The van der Waals surface area contributed by atoms with Crippen LogP contribution in [0, 0.1) is 0 Å². The number of carbonyl (C=O) groups excluding carboxylic acids is 1. The standard InChI is InChI=1S/C16H24N2O2/c1-4-18-8-7-17(10-12(18)2)11-15-9-14(13(3)19)5-6-16(15)20/h5-6,9,12,20H,4,7-8,10-11H2,1-3H3. The number of hydrogen-bond acceptors (Lipinski definition) is 4. The van der Waals surface area contributed by atoms with Crippen LogP contribution in [-0.2, 0) is 6.54 Å². The molecule has 1 aliphatic heterocycles. The second-order valence-corrected chi connectivity index (χ2v) is 5.61. The molecule has 0 spiro atoms. The van der Waals surface area contributed by atoms with Gasteiger partial charge in [0.05, 0.1) is 0 Å². The summed E-state index contributed by atoms with van der Waals surface area (Å²) in [4.78, 5) is 16.2. The van der Waals surface area contributed by atoms with Gasteiger partial charge < -0.3 is 5.11 Å². The van der Waals surface area contributed by atoms with Crippen molar-refractivity contribution in [2.75, 3.05) is 26.2 Å². The van der Waals surface area contributed by atoms with Crippen molar-refractivity contribution in [1.82, 2.24) is 9.80 Å². The number of carbonyl (C=O) groups is 1. The molecule has 0 aromatic heterocycles. The topological polar surface area (TPSA) is 43.8 Å². The first kappa shape index (κ1) is 15.0. The number of benzene rings is 1. The third-order valence-electron chi connectivity index (χ3n) is 4.14. The maximum atomic E-state index is 11.4. The molecular formula is C16H24N2O2. The first-order valence-electron chi connectivity index (χ1n) is 7.30. The summed E-state index contributed by atoms with van der Waals surface area (Å²) in [5.74, 6) is 0.316.